The van der Waals surface area contributed by atoms with Crippen molar-refractivity contribution in [3.8, 4) is 0 Å². The Hall–Kier alpha value is -1.29. The second kappa shape index (κ2) is 10.8. The molecule has 164 valence electrons. The zero-order chi connectivity index (χ0) is 19.6. The van der Waals surface area contributed by atoms with Crippen LogP contribution in [-0.4, -0.2) is 50.2 Å². The normalized spacial score (nSPS) is 14.7. The Kier molecular flexibility index (Phi) is 9.02. The summed E-state index contributed by atoms with van der Waals surface area (Å²) < 4.78 is 27.5. The molecule has 1 aliphatic heterocycles. The summed E-state index contributed by atoms with van der Waals surface area (Å²) in [6.45, 7) is 4.78. The minimum Gasteiger partial charge on any atom is -0.397 e. The van der Waals surface area contributed by atoms with Crippen LogP contribution in [0.25, 0.3) is 10.9 Å². The molecule has 1 saturated heterocycles. The van der Waals surface area contributed by atoms with Crippen molar-refractivity contribution in [3.05, 3.63) is 64.8 Å². The standard InChI is InChI=1S/C20H22BrN3O3S.2ClH/c21-18-6-2-4-8-20(18)28(25,26)15-27-24-14-16(13-23-11-9-22-10-12-23)17-5-1-3-7-19(17)24;;/h1-8,14,22H,9-13,15H2;2*1H. The largest absolute Gasteiger partial charge is 0.397 e. The van der Waals surface area contributed by atoms with Gasteiger partial charge in [0.1, 0.15) is 0 Å². The lowest BCUT2D eigenvalue weighted by Gasteiger charge is -2.26. The lowest BCUT2D eigenvalue weighted by Crippen LogP contribution is -2.42. The van der Waals surface area contributed by atoms with Gasteiger partial charge in [-0.05, 0) is 39.7 Å². The number of nitrogens with one attached hydrogen (secondary N) is 1. The number of para-hydroxylation sites is 1. The lowest BCUT2D eigenvalue weighted by atomic mass is 10.1. The molecule has 1 N–H and O–H groups in total. The molecule has 0 saturated carbocycles. The van der Waals surface area contributed by atoms with Crippen molar-refractivity contribution in [3.63, 3.8) is 0 Å². The number of benzene rings is 2. The van der Waals surface area contributed by atoms with Crippen molar-refractivity contribution in [1.29, 1.82) is 0 Å². The second-order valence-electron chi connectivity index (χ2n) is 6.82. The molecule has 10 heteroatoms. The van der Waals surface area contributed by atoms with Crippen LogP contribution in [0.2, 0.25) is 0 Å². The number of sulfone groups is 1. The third kappa shape index (κ3) is 5.49. The summed E-state index contributed by atoms with van der Waals surface area (Å²) in [5.74, 6) is -0.429. The molecule has 6 nitrogen and oxygen atoms in total. The topological polar surface area (TPSA) is 63.6 Å². The number of nitrogens with zero attached hydrogens (tertiary/aromatic N) is 2. The summed E-state index contributed by atoms with van der Waals surface area (Å²) >= 11 is 3.31. The Morgan fingerprint density at radius 1 is 1.00 bits per heavy atom. The molecule has 4 rings (SSSR count). The number of halogens is 3. The molecule has 3 aromatic rings. The van der Waals surface area contributed by atoms with Crippen LogP contribution >= 0.6 is 40.7 Å². The van der Waals surface area contributed by atoms with Gasteiger partial charge in [0.2, 0.25) is 15.8 Å². The second-order valence-corrected chi connectivity index (χ2v) is 9.57. The van der Waals surface area contributed by atoms with Gasteiger partial charge in [0.05, 0.1) is 10.4 Å². The van der Waals surface area contributed by atoms with Gasteiger partial charge in [-0.3, -0.25) is 4.90 Å². The minimum absolute atomic E-state index is 0. The zero-order valence-electron chi connectivity index (χ0n) is 16.2. The Bertz CT molecular complexity index is 1090. The third-order valence-corrected chi connectivity index (χ3v) is 7.28. The van der Waals surface area contributed by atoms with Crippen LogP contribution in [0.4, 0.5) is 0 Å². The summed E-state index contributed by atoms with van der Waals surface area (Å²) in [5.41, 5.74) is 2.01. The molecule has 0 aliphatic carbocycles. The maximum atomic E-state index is 12.7. The van der Waals surface area contributed by atoms with Gasteiger partial charge < -0.3 is 10.2 Å². The monoisotopic (exact) mass is 535 g/mol. The molecule has 0 amide bonds. The molecule has 0 unspecified atom stereocenters. The molecule has 0 spiro atoms. The molecular weight excluding hydrogens is 513 g/mol. The summed E-state index contributed by atoms with van der Waals surface area (Å²) in [7, 11) is -3.58. The quantitative estimate of drug-likeness (QED) is 0.522. The summed E-state index contributed by atoms with van der Waals surface area (Å²) in [6.07, 6.45) is 1.91. The van der Waals surface area contributed by atoms with E-state index < -0.39 is 15.8 Å². The van der Waals surface area contributed by atoms with E-state index in [9.17, 15) is 8.42 Å². The Balaban J connectivity index is 0.00000160. The number of rotatable bonds is 6. The van der Waals surface area contributed by atoms with Crippen LogP contribution in [0, 0.1) is 0 Å². The molecule has 0 atom stereocenters. The van der Waals surface area contributed by atoms with Gasteiger partial charge in [-0.15, -0.1) is 24.8 Å². The van der Waals surface area contributed by atoms with Crippen LogP contribution in [0.15, 0.2) is 64.1 Å². The molecule has 2 aromatic carbocycles. The molecule has 0 bridgehead atoms. The first kappa shape index (κ1) is 25.0. The highest BCUT2D eigenvalue weighted by molar-refractivity contribution is 9.10. The SMILES string of the molecule is Cl.Cl.O=S(=O)(COn1cc(CN2CCNCC2)c2ccccc21)c1ccccc1Br. The van der Waals surface area contributed by atoms with Crippen molar-refractivity contribution in [2.45, 2.75) is 11.4 Å². The van der Waals surface area contributed by atoms with Crippen molar-refractivity contribution in [1.82, 2.24) is 14.9 Å². The van der Waals surface area contributed by atoms with E-state index in [0.717, 1.165) is 49.2 Å². The van der Waals surface area contributed by atoms with Crippen molar-refractivity contribution >= 4 is 61.5 Å². The van der Waals surface area contributed by atoms with E-state index in [1.165, 1.54) is 0 Å². The number of piperazine rings is 1. The summed E-state index contributed by atoms with van der Waals surface area (Å²) in [5, 5.41) is 4.44. The van der Waals surface area contributed by atoms with Crippen LogP contribution in [-0.2, 0) is 16.4 Å². The fourth-order valence-corrected chi connectivity index (χ4v) is 5.50. The fourth-order valence-electron chi connectivity index (χ4n) is 3.45. The number of fused-ring (bicyclic) bond motifs is 1. The molecule has 1 aromatic heterocycles. The maximum Gasteiger partial charge on any atom is 0.219 e. The van der Waals surface area contributed by atoms with Gasteiger partial charge in [-0.25, -0.2) is 8.42 Å². The average molecular weight is 537 g/mol. The van der Waals surface area contributed by atoms with Gasteiger partial charge in [0.15, 0.2) is 0 Å². The predicted molar refractivity (Wildman–Crippen MR) is 127 cm³/mol. The molecule has 1 aliphatic rings. The van der Waals surface area contributed by atoms with E-state index in [0.29, 0.717) is 4.47 Å². The molecule has 2 heterocycles. The molecule has 0 radical (unpaired) electrons. The van der Waals surface area contributed by atoms with Gasteiger partial charge in [-0.1, -0.05) is 30.3 Å². The highest BCUT2D eigenvalue weighted by Gasteiger charge is 2.20. The van der Waals surface area contributed by atoms with Crippen molar-refractivity contribution in [2.75, 3.05) is 32.1 Å². The van der Waals surface area contributed by atoms with E-state index in [4.69, 9.17) is 4.84 Å². The van der Waals surface area contributed by atoms with Crippen molar-refractivity contribution < 1.29 is 13.3 Å². The highest BCUT2D eigenvalue weighted by atomic mass is 79.9. The molecule has 1 fully saturated rings. The van der Waals surface area contributed by atoms with Gasteiger partial charge in [0.25, 0.3) is 0 Å². The van der Waals surface area contributed by atoms with E-state index in [1.54, 1.807) is 29.0 Å². The fraction of sp³-hybridized carbons (Fsp3) is 0.300. The van der Waals surface area contributed by atoms with Crippen LogP contribution < -0.4 is 10.2 Å². The molecular formula is C20H24BrCl2N3O3S. The number of hydrogen-bond donors (Lipinski definition) is 1. The Morgan fingerprint density at radius 3 is 2.40 bits per heavy atom. The van der Waals surface area contributed by atoms with Crippen LogP contribution in [0.5, 0.6) is 0 Å². The Labute approximate surface area is 197 Å². The van der Waals surface area contributed by atoms with E-state index in [1.807, 2.05) is 24.4 Å². The first-order valence-corrected chi connectivity index (χ1v) is 11.6. The highest BCUT2D eigenvalue weighted by Crippen LogP contribution is 2.24. The summed E-state index contributed by atoms with van der Waals surface area (Å²) in [4.78, 5) is 8.36. The Morgan fingerprint density at radius 2 is 1.67 bits per heavy atom. The van der Waals surface area contributed by atoms with E-state index >= 15 is 0 Å². The number of aromatic nitrogens is 1. The van der Waals surface area contributed by atoms with Crippen LogP contribution in [0.1, 0.15) is 5.56 Å². The average Bonchev–Trinajstić information content (AvgIpc) is 3.05. The van der Waals surface area contributed by atoms with Crippen molar-refractivity contribution in [2.24, 2.45) is 0 Å². The van der Waals surface area contributed by atoms with Gasteiger partial charge in [0, 0.05) is 48.8 Å². The summed E-state index contributed by atoms with van der Waals surface area (Å²) in [6, 6.07) is 14.7. The number of hydrogen-bond acceptors (Lipinski definition) is 5. The maximum absolute atomic E-state index is 12.7. The lowest BCUT2D eigenvalue weighted by molar-refractivity contribution is 0.158. The van der Waals surface area contributed by atoms with E-state index in [-0.39, 0.29) is 29.7 Å². The smallest absolute Gasteiger partial charge is 0.219 e. The third-order valence-electron chi connectivity index (χ3n) is 4.88. The first-order chi connectivity index (χ1) is 13.5. The van der Waals surface area contributed by atoms with Gasteiger partial charge in [-0.2, -0.15) is 4.73 Å². The van der Waals surface area contributed by atoms with Gasteiger partial charge >= 0.3 is 0 Å². The molecule has 30 heavy (non-hydrogen) atoms. The minimum atomic E-state index is -3.58. The van der Waals surface area contributed by atoms with Crippen LogP contribution in [0.3, 0.4) is 0 Å². The van der Waals surface area contributed by atoms with E-state index in [2.05, 4.69) is 32.2 Å². The zero-order valence-corrected chi connectivity index (χ0v) is 20.2. The predicted octanol–water partition coefficient (Wildman–Crippen LogP) is 3.51. The first-order valence-electron chi connectivity index (χ1n) is 9.17.